The Morgan fingerprint density at radius 2 is 2.55 bits per heavy atom. The number of rotatable bonds is 4. The van der Waals surface area contributed by atoms with Crippen LogP contribution >= 0.6 is 0 Å². The molecule has 0 fully saturated rings. The second-order valence-electron chi connectivity index (χ2n) is 2.31. The van der Waals surface area contributed by atoms with E-state index in [1.165, 1.54) is 0 Å². The van der Waals surface area contributed by atoms with Gasteiger partial charge in [0.15, 0.2) is 5.89 Å². The van der Waals surface area contributed by atoms with E-state index in [4.69, 9.17) is 10.2 Å². The van der Waals surface area contributed by atoms with E-state index in [1.54, 1.807) is 6.20 Å². The van der Waals surface area contributed by atoms with Crippen LogP contribution < -0.4 is 11.1 Å². The highest BCUT2D eigenvalue weighted by Gasteiger charge is 1.96. The quantitative estimate of drug-likeness (QED) is 0.602. The van der Waals surface area contributed by atoms with Crippen molar-refractivity contribution in [3.63, 3.8) is 0 Å². The molecule has 62 valence electrons. The lowest BCUT2D eigenvalue weighted by Gasteiger charge is -1.97. The lowest BCUT2D eigenvalue weighted by atomic mass is 10.5. The van der Waals surface area contributed by atoms with Crippen molar-refractivity contribution in [3.05, 3.63) is 17.8 Å². The van der Waals surface area contributed by atoms with Crippen LogP contribution in [0.25, 0.3) is 0 Å². The Bertz CT molecular complexity index is 209. The van der Waals surface area contributed by atoms with Crippen molar-refractivity contribution in [2.24, 2.45) is 5.73 Å². The van der Waals surface area contributed by atoms with Crippen LogP contribution in [0, 0.1) is 6.92 Å². The zero-order chi connectivity index (χ0) is 8.10. The van der Waals surface area contributed by atoms with E-state index in [0.717, 1.165) is 12.3 Å². The van der Waals surface area contributed by atoms with E-state index in [1.807, 2.05) is 6.92 Å². The maximum atomic E-state index is 5.29. The molecule has 3 N–H and O–H groups in total. The van der Waals surface area contributed by atoms with Gasteiger partial charge >= 0.3 is 0 Å². The van der Waals surface area contributed by atoms with Gasteiger partial charge in [-0.05, 0) is 0 Å². The summed E-state index contributed by atoms with van der Waals surface area (Å²) in [6.07, 6.45) is 1.72. The lowest BCUT2D eigenvalue weighted by molar-refractivity contribution is 0.457. The minimum atomic E-state index is 0.646. The van der Waals surface area contributed by atoms with Crippen LogP contribution in [-0.2, 0) is 6.54 Å². The van der Waals surface area contributed by atoms with Crippen LogP contribution in [0.5, 0.6) is 0 Å². The van der Waals surface area contributed by atoms with Crippen LogP contribution in [0.4, 0.5) is 0 Å². The van der Waals surface area contributed by atoms with Crippen LogP contribution in [0.15, 0.2) is 10.6 Å². The molecule has 0 radical (unpaired) electrons. The van der Waals surface area contributed by atoms with Gasteiger partial charge in [0.25, 0.3) is 0 Å². The molecule has 0 aliphatic rings. The van der Waals surface area contributed by atoms with Gasteiger partial charge in [-0.3, -0.25) is 0 Å². The molecule has 0 aliphatic heterocycles. The van der Waals surface area contributed by atoms with Crippen molar-refractivity contribution < 1.29 is 4.42 Å². The van der Waals surface area contributed by atoms with Crippen LogP contribution in [0.1, 0.15) is 11.7 Å². The topological polar surface area (TPSA) is 64.1 Å². The maximum absolute atomic E-state index is 5.29. The highest BCUT2D eigenvalue weighted by molar-refractivity contribution is 4.91. The van der Waals surface area contributed by atoms with Crippen molar-refractivity contribution in [1.82, 2.24) is 10.3 Å². The molecule has 4 nitrogen and oxygen atoms in total. The van der Waals surface area contributed by atoms with Crippen LogP contribution in [-0.4, -0.2) is 18.1 Å². The van der Waals surface area contributed by atoms with Gasteiger partial charge in [-0.15, -0.1) is 0 Å². The normalized spacial score (nSPS) is 10.4. The summed E-state index contributed by atoms with van der Waals surface area (Å²) in [6.45, 7) is 3.98. The molecule has 0 atom stereocenters. The van der Waals surface area contributed by atoms with E-state index in [9.17, 15) is 0 Å². The standard InChI is InChI=1S/C7H13N3O/c1-6-10-5-7(11-6)4-9-3-2-8/h5,9H,2-4,8H2,1H3. The second-order valence-corrected chi connectivity index (χ2v) is 2.31. The minimum absolute atomic E-state index is 0.646. The van der Waals surface area contributed by atoms with Crippen molar-refractivity contribution in [3.8, 4) is 0 Å². The Morgan fingerprint density at radius 1 is 1.73 bits per heavy atom. The summed E-state index contributed by atoms with van der Waals surface area (Å²) >= 11 is 0. The Labute approximate surface area is 65.8 Å². The predicted octanol–water partition coefficient (Wildman–Crippen LogP) is 0.0313. The predicted molar refractivity (Wildman–Crippen MR) is 42.0 cm³/mol. The Hall–Kier alpha value is -0.870. The number of hydrogen-bond acceptors (Lipinski definition) is 4. The van der Waals surface area contributed by atoms with E-state index in [2.05, 4.69) is 10.3 Å². The smallest absolute Gasteiger partial charge is 0.191 e. The molecule has 0 amide bonds. The highest BCUT2D eigenvalue weighted by Crippen LogP contribution is 2.00. The van der Waals surface area contributed by atoms with Crippen molar-refractivity contribution in [1.29, 1.82) is 0 Å². The Balaban J connectivity index is 2.27. The third-order valence-electron chi connectivity index (χ3n) is 1.29. The van der Waals surface area contributed by atoms with Crippen LogP contribution in [0.3, 0.4) is 0 Å². The number of hydrogen-bond donors (Lipinski definition) is 2. The Kier molecular flexibility index (Phi) is 3.07. The Morgan fingerprint density at radius 3 is 3.09 bits per heavy atom. The monoisotopic (exact) mass is 155 g/mol. The molecule has 0 saturated heterocycles. The molecule has 0 unspecified atom stereocenters. The van der Waals surface area contributed by atoms with Gasteiger partial charge in [0.05, 0.1) is 12.7 Å². The first-order valence-electron chi connectivity index (χ1n) is 3.65. The zero-order valence-electron chi connectivity index (χ0n) is 6.63. The van der Waals surface area contributed by atoms with E-state index >= 15 is 0 Å². The molecule has 1 aromatic rings. The molecule has 1 heterocycles. The number of nitrogens with one attached hydrogen (secondary N) is 1. The van der Waals surface area contributed by atoms with Gasteiger partial charge in [-0.2, -0.15) is 0 Å². The SMILES string of the molecule is Cc1ncc(CNCCN)o1. The molecule has 1 aromatic heterocycles. The number of nitrogens with zero attached hydrogens (tertiary/aromatic N) is 1. The first-order valence-corrected chi connectivity index (χ1v) is 3.65. The maximum Gasteiger partial charge on any atom is 0.191 e. The summed E-state index contributed by atoms with van der Waals surface area (Å²) in [6, 6.07) is 0. The zero-order valence-corrected chi connectivity index (χ0v) is 6.63. The second kappa shape index (κ2) is 4.10. The first kappa shape index (κ1) is 8.23. The van der Waals surface area contributed by atoms with E-state index in [-0.39, 0.29) is 0 Å². The van der Waals surface area contributed by atoms with Gasteiger partial charge in [-0.1, -0.05) is 0 Å². The van der Waals surface area contributed by atoms with Crippen LogP contribution in [0.2, 0.25) is 0 Å². The molecule has 0 aliphatic carbocycles. The molecular formula is C7H13N3O. The fourth-order valence-electron chi connectivity index (χ4n) is 0.801. The molecule has 0 bridgehead atoms. The summed E-state index contributed by atoms with van der Waals surface area (Å²) in [4.78, 5) is 3.96. The molecule has 4 heteroatoms. The van der Waals surface area contributed by atoms with Gasteiger partial charge in [-0.25, -0.2) is 4.98 Å². The fourth-order valence-corrected chi connectivity index (χ4v) is 0.801. The summed E-state index contributed by atoms with van der Waals surface area (Å²) < 4.78 is 5.22. The summed E-state index contributed by atoms with van der Waals surface area (Å²) in [5.41, 5.74) is 5.29. The number of aromatic nitrogens is 1. The molecule has 0 aromatic carbocycles. The van der Waals surface area contributed by atoms with Crippen molar-refractivity contribution >= 4 is 0 Å². The van der Waals surface area contributed by atoms with Crippen molar-refractivity contribution in [2.75, 3.05) is 13.1 Å². The summed E-state index contributed by atoms with van der Waals surface area (Å²) in [5, 5.41) is 3.11. The molecular weight excluding hydrogens is 142 g/mol. The summed E-state index contributed by atoms with van der Waals surface area (Å²) in [7, 11) is 0. The summed E-state index contributed by atoms with van der Waals surface area (Å²) in [5.74, 6) is 1.56. The lowest BCUT2D eigenvalue weighted by Crippen LogP contribution is -2.21. The third-order valence-corrected chi connectivity index (χ3v) is 1.29. The molecule has 1 rings (SSSR count). The van der Waals surface area contributed by atoms with Gasteiger partial charge in [0.2, 0.25) is 0 Å². The molecule has 0 spiro atoms. The minimum Gasteiger partial charge on any atom is -0.445 e. The van der Waals surface area contributed by atoms with E-state index in [0.29, 0.717) is 19.0 Å². The highest BCUT2D eigenvalue weighted by atomic mass is 16.4. The molecule has 0 saturated carbocycles. The average molecular weight is 155 g/mol. The van der Waals surface area contributed by atoms with Crippen molar-refractivity contribution in [2.45, 2.75) is 13.5 Å². The number of aryl methyl sites for hydroxylation is 1. The average Bonchev–Trinajstić information content (AvgIpc) is 2.37. The van der Waals surface area contributed by atoms with Gasteiger partial charge in [0, 0.05) is 20.0 Å². The van der Waals surface area contributed by atoms with E-state index < -0.39 is 0 Å². The molecule has 11 heavy (non-hydrogen) atoms. The first-order chi connectivity index (χ1) is 5.33. The fraction of sp³-hybridized carbons (Fsp3) is 0.571. The third kappa shape index (κ3) is 2.69. The number of oxazole rings is 1. The van der Waals surface area contributed by atoms with Gasteiger partial charge < -0.3 is 15.5 Å². The van der Waals surface area contributed by atoms with Gasteiger partial charge in [0.1, 0.15) is 5.76 Å². The largest absolute Gasteiger partial charge is 0.445 e. The number of nitrogens with two attached hydrogens (primary N) is 1.